The van der Waals surface area contributed by atoms with Gasteiger partial charge in [-0.2, -0.15) is 0 Å². The van der Waals surface area contributed by atoms with Crippen molar-refractivity contribution in [2.45, 2.75) is 11.1 Å². The van der Waals surface area contributed by atoms with Gasteiger partial charge < -0.3 is 11.1 Å². The Morgan fingerprint density at radius 2 is 2.09 bits per heavy atom. The van der Waals surface area contributed by atoms with E-state index in [1.165, 1.54) is 12.1 Å². The van der Waals surface area contributed by atoms with Crippen LogP contribution < -0.4 is 15.8 Å². The van der Waals surface area contributed by atoms with Gasteiger partial charge in [-0.25, -0.2) is 8.42 Å². The third-order valence-electron chi connectivity index (χ3n) is 3.15. The van der Waals surface area contributed by atoms with E-state index in [1.807, 2.05) is 6.92 Å². The lowest BCUT2D eigenvalue weighted by molar-refractivity contribution is 0.0948. The topological polar surface area (TPSA) is 101 Å². The molecular formula is C15H19N3O3S2. The highest BCUT2D eigenvalue weighted by Crippen LogP contribution is 2.20. The Bertz CT molecular complexity index is 758. The lowest BCUT2D eigenvalue weighted by atomic mass is 10.1. The van der Waals surface area contributed by atoms with Crippen molar-refractivity contribution in [1.29, 1.82) is 0 Å². The summed E-state index contributed by atoms with van der Waals surface area (Å²) in [6, 6.07) is 9.57. The maximum absolute atomic E-state index is 12.2. The van der Waals surface area contributed by atoms with Gasteiger partial charge in [0.25, 0.3) is 15.9 Å². The van der Waals surface area contributed by atoms with Crippen LogP contribution in [-0.2, 0) is 10.0 Å². The van der Waals surface area contributed by atoms with Crippen molar-refractivity contribution < 1.29 is 13.2 Å². The molecule has 0 aliphatic rings. The molecule has 1 unspecified atom stereocenters. The van der Waals surface area contributed by atoms with Gasteiger partial charge in [-0.15, -0.1) is 11.3 Å². The molecular weight excluding hydrogens is 334 g/mol. The average Bonchev–Trinajstić information content (AvgIpc) is 3.07. The zero-order valence-electron chi connectivity index (χ0n) is 12.7. The fourth-order valence-electron chi connectivity index (χ4n) is 1.80. The van der Waals surface area contributed by atoms with E-state index in [1.54, 1.807) is 29.6 Å². The average molecular weight is 353 g/mol. The summed E-state index contributed by atoms with van der Waals surface area (Å²) < 4.78 is 27.1. The molecule has 1 heterocycles. The lowest BCUT2D eigenvalue weighted by Gasteiger charge is -2.11. The highest BCUT2D eigenvalue weighted by atomic mass is 32.2. The minimum absolute atomic E-state index is 0.180. The second-order valence-electron chi connectivity index (χ2n) is 5.17. The van der Waals surface area contributed by atoms with E-state index in [-0.39, 0.29) is 16.0 Å². The molecule has 0 aliphatic heterocycles. The summed E-state index contributed by atoms with van der Waals surface area (Å²) in [5.41, 5.74) is 6.24. The lowest BCUT2D eigenvalue weighted by Crippen LogP contribution is -2.31. The predicted octanol–water partition coefficient (Wildman–Crippen LogP) is 1.87. The standard InChI is InChI=1S/C15H19N3O3S2/c1-11(9-16)10-17-15(19)12-4-2-5-13(8-12)18-23(20,21)14-6-3-7-22-14/h2-8,11,18H,9-10,16H2,1H3,(H,17,19). The molecule has 0 saturated heterocycles. The molecule has 0 aliphatic carbocycles. The van der Waals surface area contributed by atoms with Crippen LogP contribution in [0.2, 0.25) is 0 Å². The minimum Gasteiger partial charge on any atom is -0.352 e. The van der Waals surface area contributed by atoms with E-state index in [9.17, 15) is 13.2 Å². The monoisotopic (exact) mass is 353 g/mol. The van der Waals surface area contributed by atoms with Gasteiger partial charge in [-0.3, -0.25) is 9.52 Å². The van der Waals surface area contributed by atoms with E-state index < -0.39 is 10.0 Å². The number of amides is 1. The zero-order valence-corrected chi connectivity index (χ0v) is 14.3. The Balaban J connectivity index is 2.09. The first-order chi connectivity index (χ1) is 10.9. The quantitative estimate of drug-likeness (QED) is 0.707. The van der Waals surface area contributed by atoms with Crippen LogP contribution in [-0.4, -0.2) is 27.4 Å². The van der Waals surface area contributed by atoms with Gasteiger partial charge in [0.2, 0.25) is 0 Å². The molecule has 6 nitrogen and oxygen atoms in total. The number of hydrogen-bond acceptors (Lipinski definition) is 5. The number of thiophene rings is 1. The third-order valence-corrected chi connectivity index (χ3v) is 5.93. The van der Waals surface area contributed by atoms with Crippen molar-refractivity contribution in [2.75, 3.05) is 17.8 Å². The summed E-state index contributed by atoms with van der Waals surface area (Å²) in [6.07, 6.45) is 0. The Morgan fingerprint density at radius 3 is 2.74 bits per heavy atom. The second-order valence-corrected chi connectivity index (χ2v) is 8.03. The van der Waals surface area contributed by atoms with E-state index in [0.717, 1.165) is 11.3 Å². The normalized spacial score (nSPS) is 12.6. The zero-order chi connectivity index (χ0) is 16.9. The number of rotatable bonds is 7. The van der Waals surface area contributed by atoms with Crippen LogP contribution in [0, 0.1) is 5.92 Å². The van der Waals surface area contributed by atoms with Crippen LogP contribution in [0.4, 0.5) is 5.69 Å². The molecule has 1 aromatic carbocycles. The summed E-state index contributed by atoms with van der Waals surface area (Å²) >= 11 is 1.13. The summed E-state index contributed by atoms with van der Waals surface area (Å²) in [4.78, 5) is 12.1. The minimum atomic E-state index is -3.62. The van der Waals surface area contributed by atoms with Gasteiger partial charge in [0.1, 0.15) is 4.21 Å². The molecule has 0 bridgehead atoms. The SMILES string of the molecule is CC(CN)CNC(=O)c1cccc(NS(=O)(=O)c2cccs2)c1. The van der Waals surface area contributed by atoms with E-state index in [0.29, 0.717) is 24.3 Å². The van der Waals surface area contributed by atoms with Crippen LogP contribution in [0.25, 0.3) is 0 Å². The highest BCUT2D eigenvalue weighted by molar-refractivity contribution is 7.94. The van der Waals surface area contributed by atoms with E-state index in [2.05, 4.69) is 10.0 Å². The van der Waals surface area contributed by atoms with Gasteiger partial charge in [-0.05, 0) is 42.1 Å². The molecule has 2 aromatic rings. The smallest absolute Gasteiger partial charge is 0.271 e. The van der Waals surface area contributed by atoms with Crippen molar-refractivity contribution in [2.24, 2.45) is 11.7 Å². The number of nitrogens with two attached hydrogens (primary N) is 1. The molecule has 4 N–H and O–H groups in total. The van der Waals surface area contributed by atoms with Crippen LogP contribution in [0.3, 0.4) is 0 Å². The predicted molar refractivity (Wildman–Crippen MR) is 92.1 cm³/mol. The largest absolute Gasteiger partial charge is 0.352 e. The third kappa shape index (κ3) is 4.78. The number of anilines is 1. The molecule has 0 fully saturated rings. The summed E-state index contributed by atoms with van der Waals surface area (Å²) in [5.74, 6) is -0.0815. The first kappa shape index (κ1) is 17.5. The molecule has 1 atom stereocenters. The van der Waals surface area contributed by atoms with Crippen LogP contribution in [0.5, 0.6) is 0 Å². The van der Waals surface area contributed by atoms with Gasteiger partial charge in [0.05, 0.1) is 0 Å². The van der Waals surface area contributed by atoms with Crippen LogP contribution in [0.15, 0.2) is 46.0 Å². The Labute approximate surface area is 139 Å². The molecule has 23 heavy (non-hydrogen) atoms. The van der Waals surface area contributed by atoms with Crippen molar-refractivity contribution >= 4 is 33.0 Å². The van der Waals surface area contributed by atoms with Crippen molar-refractivity contribution in [3.05, 3.63) is 47.3 Å². The molecule has 2 rings (SSSR count). The molecule has 0 saturated carbocycles. The number of benzene rings is 1. The van der Waals surface area contributed by atoms with Crippen molar-refractivity contribution in [3.63, 3.8) is 0 Å². The summed E-state index contributed by atoms with van der Waals surface area (Å²) in [6.45, 7) is 2.90. The molecule has 1 amide bonds. The Morgan fingerprint density at radius 1 is 1.30 bits per heavy atom. The van der Waals surface area contributed by atoms with E-state index in [4.69, 9.17) is 5.73 Å². The molecule has 124 valence electrons. The van der Waals surface area contributed by atoms with E-state index >= 15 is 0 Å². The van der Waals surface area contributed by atoms with Crippen molar-refractivity contribution in [1.82, 2.24) is 5.32 Å². The Hall–Kier alpha value is -1.90. The van der Waals surface area contributed by atoms with Crippen LogP contribution >= 0.6 is 11.3 Å². The Kier molecular flexibility index (Phi) is 5.75. The maximum atomic E-state index is 12.2. The number of carbonyl (C=O) groups is 1. The van der Waals surface area contributed by atoms with Gasteiger partial charge >= 0.3 is 0 Å². The first-order valence-corrected chi connectivity index (χ1v) is 9.43. The van der Waals surface area contributed by atoms with Crippen molar-refractivity contribution in [3.8, 4) is 0 Å². The second kappa shape index (κ2) is 7.58. The number of sulfonamides is 1. The number of nitrogens with one attached hydrogen (secondary N) is 2. The molecule has 1 aromatic heterocycles. The fourth-order valence-corrected chi connectivity index (χ4v) is 3.84. The summed E-state index contributed by atoms with van der Waals surface area (Å²) in [5, 5.41) is 4.46. The first-order valence-electron chi connectivity index (χ1n) is 7.07. The highest BCUT2D eigenvalue weighted by Gasteiger charge is 2.16. The molecule has 8 heteroatoms. The molecule has 0 radical (unpaired) electrons. The number of hydrogen-bond donors (Lipinski definition) is 3. The fraction of sp³-hybridized carbons (Fsp3) is 0.267. The maximum Gasteiger partial charge on any atom is 0.271 e. The molecule has 0 spiro atoms. The van der Waals surface area contributed by atoms with Gasteiger partial charge in [-0.1, -0.05) is 19.1 Å². The summed E-state index contributed by atoms with van der Waals surface area (Å²) in [7, 11) is -3.62. The van der Waals surface area contributed by atoms with Crippen LogP contribution in [0.1, 0.15) is 17.3 Å². The number of carbonyl (C=O) groups excluding carboxylic acids is 1. The van der Waals surface area contributed by atoms with Gasteiger partial charge in [0, 0.05) is 17.8 Å². The van der Waals surface area contributed by atoms with Gasteiger partial charge in [0.15, 0.2) is 0 Å².